The number of guanidine groups is 1. The van der Waals surface area contributed by atoms with Gasteiger partial charge in [-0.2, -0.15) is 0 Å². The van der Waals surface area contributed by atoms with E-state index in [-0.39, 0.29) is 29.9 Å². The molecule has 0 atom stereocenters. The summed E-state index contributed by atoms with van der Waals surface area (Å²) in [5.74, 6) is 1.49. The van der Waals surface area contributed by atoms with Gasteiger partial charge in [0.15, 0.2) is 5.96 Å². The molecule has 0 unspecified atom stereocenters. The molecule has 0 saturated heterocycles. The van der Waals surface area contributed by atoms with Crippen molar-refractivity contribution in [3.63, 3.8) is 0 Å². The maximum Gasteiger partial charge on any atom is 0.224 e. The third-order valence-corrected chi connectivity index (χ3v) is 4.49. The summed E-state index contributed by atoms with van der Waals surface area (Å²) in [6.07, 6.45) is 1.19. The van der Waals surface area contributed by atoms with Crippen LogP contribution in [0.1, 0.15) is 25.3 Å². The number of benzene rings is 2. The van der Waals surface area contributed by atoms with E-state index in [1.54, 1.807) is 12.0 Å². The van der Waals surface area contributed by atoms with E-state index >= 15 is 0 Å². The van der Waals surface area contributed by atoms with Crippen molar-refractivity contribution in [3.05, 3.63) is 60.2 Å². The molecule has 7 nitrogen and oxygen atoms in total. The number of methoxy groups -OCH3 is 1. The number of halogens is 1. The summed E-state index contributed by atoms with van der Waals surface area (Å²) in [6.45, 7) is 5.00. The predicted octanol–water partition coefficient (Wildman–Crippen LogP) is 4.15. The number of hydrogen-bond acceptors (Lipinski definition) is 4. The second-order valence-corrected chi connectivity index (χ2v) is 7.09. The largest absolute Gasteiger partial charge is 0.493 e. The Morgan fingerprint density at radius 3 is 2.59 bits per heavy atom. The average Bonchev–Trinajstić information content (AvgIpc) is 2.78. The van der Waals surface area contributed by atoms with Crippen LogP contribution >= 0.6 is 24.0 Å². The normalized spacial score (nSPS) is 10.8. The van der Waals surface area contributed by atoms with Gasteiger partial charge in [0.25, 0.3) is 0 Å². The van der Waals surface area contributed by atoms with E-state index in [9.17, 15) is 4.79 Å². The van der Waals surface area contributed by atoms with Gasteiger partial charge in [-0.25, -0.2) is 0 Å². The molecule has 0 aromatic heterocycles. The molecule has 32 heavy (non-hydrogen) atoms. The van der Waals surface area contributed by atoms with Crippen molar-refractivity contribution in [1.29, 1.82) is 0 Å². The second-order valence-electron chi connectivity index (χ2n) is 7.09. The molecule has 0 heterocycles. The summed E-state index contributed by atoms with van der Waals surface area (Å²) in [6, 6.07) is 17.7. The molecule has 0 spiro atoms. The lowest BCUT2D eigenvalue weighted by Crippen LogP contribution is -2.31. The van der Waals surface area contributed by atoms with Crippen molar-refractivity contribution in [3.8, 4) is 5.75 Å². The van der Waals surface area contributed by atoms with Crippen LogP contribution in [-0.4, -0.2) is 57.2 Å². The second kappa shape index (κ2) is 16.3. The molecular weight excluding hydrogens is 519 g/mol. The highest BCUT2D eigenvalue weighted by atomic mass is 127. The van der Waals surface area contributed by atoms with E-state index in [0.717, 1.165) is 30.0 Å². The predicted molar refractivity (Wildman–Crippen MR) is 141 cm³/mol. The van der Waals surface area contributed by atoms with E-state index in [1.165, 1.54) is 0 Å². The van der Waals surface area contributed by atoms with Gasteiger partial charge < -0.3 is 25.0 Å². The van der Waals surface area contributed by atoms with Crippen LogP contribution in [0, 0.1) is 0 Å². The Kier molecular flexibility index (Phi) is 14.1. The van der Waals surface area contributed by atoms with Crippen LogP contribution in [0.2, 0.25) is 0 Å². The highest BCUT2D eigenvalue weighted by Crippen LogP contribution is 2.17. The summed E-state index contributed by atoms with van der Waals surface area (Å²) in [4.78, 5) is 18.7. The number of aliphatic imine (C=N–C) groups is 1. The number of ether oxygens (including phenoxy) is 2. The van der Waals surface area contributed by atoms with Crippen molar-refractivity contribution in [1.82, 2.24) is 10.2 Å². The third kappa shape index (κ3) is 10.8. The molecule has 0 aliphatic rings. The van der Waals surface area contributed by atoms with Crippen LogP contribution in [-0.2, 0) is 16.1 Å². The fourth-order valence-electron chi connectivity index (χ4n) is 2.90. The zero-order chi connectivity index (χ0) is 22.3. The minimum atomic E-state index is 0. The third-order valence-electron chi connectivity index (χ3n) is 4.49. The average molecular weight is 554 g/mol. The molecule has 2 rings (SSSR count). The van der Waals surface area contributed by atoms with Crippen molar-refractivity contribution in [2.75, 3.05) is 45.8 Å². The number of rotatable bonds is 12. The lowest BCUT2D eigenvalue weighted by atomic mass is 10.2. The molecule has 176 valence electrons. The number of anilines is 1. The molecule has 2 N–H and O–H groups in total. The Hall–Kier alpha value is -2.33. The van der Waals surface area contributed by atoms with Crippen LogP contribution in [0.15, 0.2) is 59.6 Å². The SMILES string of the molecule is CCNC(=NCCC(=O)N(C)Cc1ccccc1)Nc1cccc(OCCCOC)c1.I. The van der Waals surface area contributed by atoms with Gasteiger partial charge in [0.05, 0.1) is 13.2 Å². The first-order valence-electron chi connectivity index (χ1n) is 10.7. The van der Waals surface area contributed by atoms with Crippen LogP contribution in [0.25, 0.3) is 0 Å². The highest BCUT2D eigenvalue weighted by Gasteiger charge is 2.09. The van der Waals surface area contributed by atoms with Gasteiger partial charge in [-0.3, -0.25) is 9.79 Å². The summed E-state index contributed by atoms with van der Waals surface area (Å²) < 4.78 is 10.8. The minimum absolute atomic E-state index is 0. The molecule has 0 bridgehead atoms. The van der Waals surface area contributed by atoms with Crippen molar-refractivity contribution >= 4 is 41.5 Å². The quantitative estimate of drug-likeness (QED) is 0.179. The molecule has 0 aliphatic heterocycles. The fraction of sp³-hybridized carbons (Fsp3) is 0.417. The molecule has 0 radical (unpaired) electrons. The monoisotopic (exact) mass is 554 g/mol. The molecule has 0 saturated carbocycles. The zero-order valence-corrected chi connectivity index (χ0v) is 21.5. The van der Waals surface area contributed by atoms with Gasteiger partial charge in [0, 0.05) is 58.4 Å². The Balaban J connectivity index is 0.00000512. The lowest BCUT2D eigenvalue weighted by molar-refractivity contribution is -0.130. The molecule has 2 aromatic carbocycles. The number of hydrogen-bond donors (Lipinski definition) is 2. The standard InChI is InChI=1S/C24H34N4O3.HI/c1-4-25-24(27-21-12-8-13-22(18-21)31-17-9-16-30-3)26-15-14-23(29)28(2)19-20-10-6-5-7-11-20;/h5-8,10-13,18H,4,9,14-17,19H2,1-3H3,(H2,25,26,27);1H. The number of nitrogens with one attached hydrogen (secondary N) is 2. The topological polar surface area (TPSA) is 75.2 Å². The molecule has 0 fully saturated rings. The molecule has 1 amide bonds. The Bertz CT molecular complexity index is 818. The summed E-state index contributed by atoms with van der Waals surface area (Å²) in [7, 11) is 3.50. The van der Waals surface area contributed by atoms with Gasteiger partial charge in [-0.05, 0) is 24.6 Å². The summed E-state index contributed by atoms with van der Waals surface area (Å²) >= 11 is 0. The first kappa shape index (κ1) is 27.7. The van der Waals surface area contributed by atoms with Crippen LogP contribution in [0.5, 0.6) is 5.75 Å². The number of nitrogens with zero attached hydrogens (tertiary/aromatic N) is 2. The van der Waals surface area contributed by atoms with Crippen LogP contribution in [0.3, 0.4) is 0 Å². The molecule has 2 aromatic rings. The first-order chi connectivity index (χ1) is 15.1. The maximum atomic E-state index is 12.4. The molecular formula is C24H35IN4O3. The highest BCUT2D eigenvalue weighted by molar-refractivity contribution is 14.0. The molecule has 0 aliphatic carbocycles. The number of amides is 1. The van der Waals surface area contributed by atoms with Crippen LogP contribution < -0.4 is 15.4 Å². The van der Waals surface area contributed by atoms with Gasteiger partial charge in [0.1, 0.15) is 5.75 Å². The van der Waals surface area contributed by atoms with E-state index in [0.29, 0.717) is 38.7 Å². The maximum absolute atomic E-state index is 12.4. The summed E-state index contributed by atoms with van der Waals surface area (Å²) in [5, 5.41) is 6.48. The van der Waals surface area contributed by atoms with Crippen molar-refractivity contribution in [2.24, 2.45) is 4.99 Å². The van der Waals surface area contributed by atoms with Gasteiger partial charge in [-0.15, -0.1) is 24.0 Å². The van der Waals surface area contributed by atoms with E-state index in [2.05, 4.69) is 15.6 Å². The van der Waals surface area contributed by atoms with E-state index in [4.69, 9.17) is 9.47 Å². The van der Waals surface area contributed by atoms with Gasteiger partial charge in [-0.1, -0.05) is 36.4 Å². The Morgan fingerprint density at radius 2 is 1.88 bits per heavy atom. The number of carbonyl (C=O) groups excluding carboxylic acids is 1. The summed E-state index contributed by atoms with van der Waals surface area (Å²) in [5.41, 5.74) is 1.98. The fourth-order valence-corrected chi connectivity index (χ4v) is 2.90. The first-order valence-corrected chi connectivity index (χ1v) is 10.7. The smallest absolute Gasteiger partial charge is 0.224 e. The van der Waals surface area contributed by atoms with E-state index < -0.39 is 0 Å². The van der Waals surface area contributed by atoms with Gasteiger partial charge >= 0.3 is 0 Å². The Labute approximate surface area is 208 Å². The minimum Gasteiger partial charge on any atom is -0.493 e. The number of carbonyl (C=O) groups is 1. The van der Waals surface area contributed by atoms with E-state index in [1.807, 2.05) is 68.6 Å². The van der Waals surface area contributed by atoms with Crippen LogP contribution in [0.4, 0.5) is 5.69 Å². The van der Waals surface area contributed by atoms with Crippen molar-refractivity contribution < 1.29 is 14.3 Å². The van der Waals surface area contributed by atoms with Gasteiger partial charge in [0.2, 0.25) is 5.91 Å². The Morgan fingerprint density at radius 1 is 1.09 bits per heavy atom. The molecule has 8 heteroatoms. The van der Waals surface area contributed by atoms with Crippen molar-refractivity contribution in [2.45, 2.75) is 26.3 Å². The zero-order valence-electron chi connectivity index (χ0n) is 19.2. The lowest BCUT2D eigenvalue weighted by Gasteiger charge is -2.17.